The van der Waals surface area contributed by atoms with E-state index in [2.05, 4.69) is 5.32 Å². The monoisotopic (exact) mass is 375 g/mol. The molecule has 1 spiro atoms. The maximum absolute atomic E-state index is 13.0. The van der Waals surface area contributed by atoms with Gasteiger partial charge in [-0.1, -0.05) is 6.92 Å². The van der Waals surface area contributed by atoms with Crippen LogP contribution in [0.1, 0.15) is 39.0 Å². The molecule has 8 nitrogen and oxygen atoms in total. The van der Waals surface area contributed by atoms with Gasteiger partial charge in [-0.25, -0.2) is 0 Å². The van der Waals surface area contributed by atoms with Gasteiger partial charge >= 0.3 is 0 Å². The van der Waals surface area contributed by atoms with Gasteiger partial charge in [0, 0.05) is 45.6 Å². The molecule has 1 amide bonds. The molecule has 0 radical (unpaired) electrons. The van der Waals surface area contributed by atoms with Crippen molar-refractivity contribution < 1.29 is 22.7 Å². The molecule has 144 valence electrons. The second kappa shape index (κ2) is 7.87. The Labute approximate surface area is 150 Å². The molecule has 0 aromatic rings. The molecule has 1 unspecified atom stereocenters. The van der Waals surface area contributed by atoms with Gasteiger partial charge in [-0.15, -0.1) is 0 Å². The van der Waals surface area contributed by atoms with Crippen molar-refractivity contribution in [1.29, 1.82) is 0 Å². The zero-order valence-corrected chi connectivity index (χ0v) is 15.7. The first-order chi connectivity index (χ1) is 12.0. The van der Waals surface area contributed by atoms with Gasteiger partial charge in [0.2, 0.25) is 5.91 Å². The minimum absolute atomic E-state index is 0.0351. The molecule has 0 aliphatic carbocycles. The summed E-state index contributed by atoms with van der Waals surface area (Å²) in [5.74, 6) is -0.879. The number of ether oxygens (including phenoxy) is 2. The largest absolute Gasteiger partial charge is 0.356 e. The Bertz CT molecular complexity index is 566. The van der Waals surface area contributed by atoms with Crippen LogP contribution in [0.2, 0.25) is 0 Å². The minimum atomic E-state index is -3.54. The molecule has 3 heterocycles. The first-order valence-corrected chi connectivity index (χ1v) is 10.7. The van der Waals surface area contributed by atoms with E-state index in [1.807, 2.05) is 6.92 Å². The molecule has 25 heavy (non-hydrogen) atoms. The van der Waals surface area contributed by atoms with Gasteiger partial charge < -0.3 is 14.8 Å². The van der Waals surface area contributed by atoms with Gasteiger partial charge in [0.1, 0.15) is 0 Å². The van der Waals surface area contributed by atoms with E-state index in [-0.39, 0.29) is 18.4 Å². The van der Waals surface area contributed by atoms with Gasteiger partial charge in [0.05, 0.1) is 19.1 Å². The maximum atomic E-state index is 13.0. The predicted molar refractivity (Wildman–Crippen MR) is 92.0 cm³/mol. The molecular weight excluding hydrogens is 346 g/mol. The molecule has 0 aromatic carbocycles. The van der Waals surface area contributed by atoms with E-state index in [1.54, 1.807) is 0 Å². The summed E-state index contributed by atoms with van der Waals surface area (Å²) in [6, 6.07) is 0. The van der Waals surface area contributed by atoms with Gasteiger partial charge in [-0.3, -0.25) is 4.79 Å². The smallest absolute Gasteiger partial charge is 0.282 e. The fraction of sp³-hybridized carbons (Fsp3) is 0.938. The second-order valence-corrected chi connectivity index (χ2v) is 8.93. The van der Waals surface area contributed by atoms with E-state index in [1.165, 1.54) is 8.61 Å². The van der Waals surface area contributed by atoms with Crippen molar-refractivity contribution in [3.63, 3.8) is 0 Å². The highest BCUT2D eigenvalue weighted by Crippen LogP contribution is 2.33. The molecule has 1 N–H and O–H groups in total. The predicted octanol–water partition coefficient (Wildman–Crippen LogP) is 0.308. The van der Waals surface area contributed by atoms with Crippen LogP contribution in [0, 0.1) is 5.92 Å². The van der Waals surface area contributed by atoms with E-state index < -0.39 is 16.0 Å². The van der Waals surface area contributed by atoms with Gasteiger partial charge in [-0.05, 0) is 19.3 Å². The number of nitrogens with one attached hydrogen (secondary N) is 1. The molecule has 0 saturated carbocycles. The van der Waals surface area contributed by atoms with E-state index in [0.29, 0.717) is 58.7 Å². The number of amides is 1. The summed E-state index contributed by atoms with van der Waals surface area (Å²) in [5, 5.41) is 2.88. The fourth-order valence-corrected chi connectivity index (χ4v) is 5.46. The molecule has 3 aliphatic rings. The van der Waals surface area contributed by atoms with Crippen LogP contribution in [-0.4, -0.2) is 74.7 Å². The zero-order chi connectivity index (χ0) is 17.9. The summed E-state index contributed by atoms with van der Waals surface area (Å²) >= 11 is 0. The van der Waals surface area contributed by atoms with Crippen LogP contribution in [0.5, 0.6) is 0 Å². The lowest BCUT2D eigenvalue weighted by molar-refractivity contribution is -0.179. The zero-order valence-electron chi connectivity index (χ0n) is 14.9. The summed E-state index contributed by atoms with van der Waals surface area (Å²) in [4.78, 5) is 12.2. The van der Waals surface area contributed by atoms with E-state index in [4.69, 9.17) is 9.47 Å². The molecule has 3 aliphatic heterocycles. The van der Waals surface area contributed by atoms with E-state index in [9.17, 15) is 13.2 Å². The third-order valence-electron chi connectivity index (χ3n) is 5.25. The third kappa shape index (κ3) is 4.16. The Hall–Kier alpha value is -0.740. The van der Waals surface area contributed by atoms with Gasteiger partial charge in [0.25, 0.3) is 10.2 Å². The average Bonchev–Trinajstić information content (AvgIpc) is 3.08. The van der Waals surface area contributed by atoms with Crippen molar-refractivity contribution >= 4 is 16.1 Å². The first-order valence-electron chi connectivity index (χ1n) is 9.28. The standard InChI is InChI=1S/C16H29N3O5S/c1-2-7-17-15(20)14-4-3-8-19(13-14)25(21,22)18-9-5-16(6-10-18)23-11-12-24-16/h14H,2-13H2,1H3,(H,17,20). The Morgan fingerprint density at radius 3 is 2.48 bits per heavy atom. The van der Waals surface area contributed by atoms with Crippen LogP contribution >= 0.6 is 0 Å². The molecule has 0 bridgehead atoms. The van der Waals surface area contributed by atoms with Crippen LogP contribution in [0.4, 0.5) is 0 Å². The van der Waals surface area contributed by atoms with Gasteiger partial charge in [0.15, 0.2) is 5.79 Å². The van der Waals surface area contributed by atoms with Crippen LogP contribution in [0.15, 0.2) is 0 Å². The highest BCUT2D eigenvalue weighted by atomic mass is 32.2. The van der Waals surface area contributed by atoms with Crippen LogP contribution < -0.4 is 5.32 Å². The quantitative estimate of drug-likeness (QED) is 0.747. The summed E-state index contributed by atoms with van der Waals surface area (Å²) in [6.45, 7) is 5.33. The topological polar surface area (TPSA) is 88.2 Å². The van der Waals surface area contributed by atoms with Crippen molar-refractivity contribution in [3.8, 4) is 0 Å². The van der Waals surface area contributed by atoms with Crippen molar-refractivity contribution in [1.82, 2.24) is 13.9 Å². The number of piperidine rings is 2. The fourth-order valence-electron chi connectivity index (χ4n) is 3.77. The highest BCUT2D eigenvalue weighted by molar-refractivity contribution is 7.86. The number of carbonyl (C=O) groups is 1. The lowest BCUT2D eigenvalue weighted by Gasteiger charge is -2.40. The van der Waals surface area contributed by atoms with Crippen LogP contribution in [0.3, 0.4) is 0 Å². The average molecular weight is 375 g/mol. The Kier molecular flexibility index (Phi) is 5.99. The molecule has 3 fully saturated rings. The van der Waals surface area contributed by atoms with Crippen LogP contribution in [-0.2, 0) is 24.5 Å². The SMILES string of the molecule is CCCNC(=O)C1CCCN(S(=O)(=O)N2CCC3(CC2)OCCO3)C1. The maximum Gasteiger partial charge on any atom is 0.282 e. The second-order valence-electron chi connectivity index (χ2n) is 7.00. The molecule has 3 rings (SSSR count). The van der Waals surface area contributed by atoms with Crippen molar-refractivity contribution in [2.24, 2.45) is 5.92 Å². The summed E-state index contributed by atoms with van der Waals surface area (Å²) in [5.41, 5.74) is 0. The number of hydrogen-bond acceptors (Lipinski definition) is 5. The Balaban J connectivity index is 1.59. The lowest BCUT2D eigenvalue weighted by atomic mass is 9.99. The van der Waals surface area contributed by atoms with E-state index >= 15 is 0 Å². The summed E-state index contributed by atoms with van der Waals surface area (Å²) < 4.78 is 40.2. The number of carbonyl (C=O) groups excluding carboxylic acids is 1. The molecular formula is C16H29N3O5S. The Morgan fingerprint density at radius 2 is 1.84 bits per heavy atom. The Morgan fingerprint density at radius 1 is 1.16 bits per heavy atom. The van der Waals surface area contributed by atoms with Crippen molar-refractivity contribution in [2.75, 3.05) is 45.9 Å². The molecule has 1 atom stereocenters. The number of hydrogen-bond donors (Lipinski definition) is 1. The van der Waals surface area contributed by atoms with Crippen LogP contribution in [0.25, 0.3) is 0 Å². The lowest BCUT2D eigenvalue weighted by Crippen LogP contribution is -2.54. The third-order valence-corrected chi connectivity index (χ3v) is 7.26. The van der Waals surface area contributed by atoms with Crippen molar-refractivity contribution in [2.45, 2.75) is 44.8 Å². The first kappa shape index (κ1) is 19.0. The van der Waals surface area contributed by atoms with Crippen molar-refractivity contribution in [3.05, 3.63) is 0 Å². The number of nitrogens with zero attached hydrogens (tertiary/aromatic N) is 2. The van der Waals surface area contributed by atoms with Gasteiger partial charge in [-0.2, -0.15) is 17.0 Å². The normalized spacial score (nSPS) is 28.3. The number of rotatable bonds is 5. The summed E-state index contributed by atoms with van der Waals surface area (Å²) in [6.07, 6.45) is 3.45. The molecule has 3 saturated heterocycles. The molecule has 0 aromatic heterocycles. The summed E-state index contributed by atoms with van der Waals surface area (Å²) in [7, 11) is -3.54. The highest BCUT2D eigenvalue weighted by Gasteiger charge is 2.44. The minimum Gasteiger partial charge on any atom is -0.356 e. The van der Waals surface area contributed by atoms with E-state index in [0.717, 1.165) is 12.8 Å². The molecule has 9 heteroatoms.